The standard InChI is InChI=1S/C24H17ClN2O6S/c1-2-32-15-6-4-14(5-7-15)27-22(29)18(21(28)26-24(27)34)12-16-8-10-20(33-16)17-11-13(23(30)31)3-9-19(17)25/h3-12H,2H2,1H3,(H,30,31)(H,26,28,34)/b18-12+. The molecular formula is C24H17ClN2O6S. The van der Waals surface area contributed by atoms with Crippen molar-refractivity contribution in [3.8, 4) is 17.1 Å². The van der Waals surface area contributed by atoms with E-state index in [2.05, 4.69) is 5.32 Å². The Morgan fingerprint density at radius 1 is 1.18 bits per heavy atom. The topological polar surface area (TPSA) is 109 Å². The maximum absolute atomic E-state index is 13.2. The lowest BCUT2D eigenvalue weighted by atomic mass is 10.1. The molecule has 172 valence electrons. The quantitative estimate of drug-likeness (QED) is 0.293. The number of furan rings is 1. The molecule has 1 aliphatic rings. The number of ether oxygens (including phenoxy) is 1. The zero-order valence-corrected chi connectivity index (χ0v) is 19.3. The highest BCUT2D eigenvalue weighted by atomic mass is 35.5. The van der Waals surface area contributed by atoms with Crippen molar-refractivity contribution in [2.24, 2.45) is 0 Å². The molecule has 2 heterocycles. The molecule has 1 aromatic heterocycles. The second-order valence-corrected chi connectivity index (χ2v) is 7.88. The summed E-state index contributed by atoms with van der Waals surface area (Å²) < 4.78 is 11.2. The molecular weight excluding hydrogens is 480 g/mol. The molecule has 0 bridgehead atoms. The van der Waals surface area contributed by atoms with Gasteiger partial charge >= 0.3 is 5.97 Å². The third kappa shape index (κ3) is 4.57. The van der Waals surface area contributed by atoms with Gasteiger partial charge in [0.05, 0.1) is 22.9 Å². The molecule has 4 rings (SSSR count). The number of aromatic carboxylic acids is 1. The van der Waals surface area contributed by atoms with Crippen LogP contribution in [0.2, 0.25) is 5.02 Å². The molecule has 0 unspecified atom stereocenters. The first-order valence-corrected chi connectivity index (χ1v) is 10.8. The number of carboxylic acid groups (broad SMARTS) is 1. The van der Waals surface area contributed by atoms with Crippen molar-refractivity contribution >= 4 is 58.5 Å². The lowest BCUT2D eigenvalue weighted by Crippen LogP contribution is -2.54. The minimum Gasteiger partial charge on any atom is -0.494 e. The summed E-state index contributed by atoms with van der Waals surface area (Å²) in [7, 11) is 0. The highest BCUT2D eigenvalue weighted by molar-refractivity contribution is 7.80. The van der Waals surface area contributed by atoms with E-state index in [9.17, 15) is 19.5 Å². The van der Waals surface area contributed by atoms with Crippen molar-refractivity contribution in [3.63, 3.8) is 0 Å². The average Bonchev–Trinajstić information content (AvgIpc) is 3.26. The smallest absolute Gasteiger partial charge is 0.335 e. The zero-order chi connectivity index (χ0) is 24.4. The number of carbonyl (C=O) groups is 3. The largest absolute Gasteiger partial charge is 0.494 e. The minimum absolute atomic E-state index is 0.0389. The number of hydrogen-bond acceptors (Lipinski definition) is 6. The molecule has 1 saturated heterocycles. The van der Waals surface area contributed by atoms with Crippen molar-refractivity contribution in [1.82, 2.24) is 5.32 Å². The van der Waals surface area contributed by atoms with Crippen molar-refractivity contribution in [2.45, 2.75) is 6.92 Å². The number of anilines is 1. The van der Waals surface area contributed by atoms with Crippen molar-refractivity contribution in [3.05, 3.63) is 76.5 Å². The Hall–Kier alpha value is -3.95. The zero-order valence-electron chi connectivity index (χ0n) is 17.7. The van der Waals surface area contributed by atoms with Gasteiger partial charge in [-0.25, -0.2) is 4.79 Å². The van der Waals surface area contributed by atoms with E-state index in [0.29, 0.717) is 23.6 Å². The third-order valence-electron chi connectivity index (χ3n) is 4.90. The second kappa shape index (κ2) is 9.50. The number of halogens is 1. The molecule has 2 amide bonds. The van der Waals surface area contributed by atoms with Gasteiger partial charge in [0.15, 0.2) is 5.11 Å². The third-order valence-corrected chi connectivity index (χ3v) is 5.51. The molecule has 1 fully saturated rings. The first-order valence-electron chi connectivity index (χ1n) is 10.1. The Morgan fingerprint density at radius 3 is 2.59 bits per heavy atom. The predicted molar refractivity (Wildman–Crippen MR) is 130 cm³/mol. The van der Waals surface area contributed by atoms with Gasteiger partial charge in [-0.05, 0) is 79.8 Å². The molecule has 10 heteroatoms. The van der Waals surface area contributed by atoms with Crippen LogP contribution in [-0.2, 0) is 9.59 Å². The van der Waals surface area contributed by atoms with Crippen LogP contribution in [0.25, 0.3) is 17.4 Å². The van der Waals surface area contributed by atoms with Crippen LogP contribution in [0.4, 0.5) is 5.69 Å². The van der Waals surface area contributed by atoms with Gasteiger partial charge < -0.3 is 14.3 Å². The Bertz CT molecular complexity index is 1350. The molecule has 3 aromatic rings. The first-order chi connectivity index (χ1) is 16.3. The number of carboxylic acids is 1. The molecule has 0 radical (unpaired) electrons. The molecule has 1 aliphatic heterocycles. The van der Waals surface area contributed by atoms with Gasteiger partial charge in [-0.15, -0.1) is 0 Å². The number of nitrogens with zero attached hydrogens (tertiary/aromatic N) is 1. The molecule has 0 spiro atoms. The van der Waals surface area contributed by atoms with Crippen LogP contribution in [-0.4, -0.2) is 34.6 Å². The lowest BCUT2D eigenvalue weighted by Gasteiger charge is -2.28. The van der Waals surface area contributed by atoms with Crippen LogP contribution in [0.1, 0.15) is 23.0 Å². The van der Waals surface area contributed by atoms with Crippen molar-refractivity contribution in [2.75, 3.05) is 11.5 Å². The average molecular weight is 497 g/mol. The summed E-state index contributed by atoms with van der Waals surface area (Å²) in [4.78, 5) is 38.2. The van der Waals surface area contributed by atoms with E-state index in [4.69, 9.17) is 33.0 Å². The van der Waals surface area contributed by atoms with E-state index in [0.717, 1.165) is 0 Å². The number of thiocarbonyl (C=S) groups is 1. The molecule has 0 aliphatic carbocycles. The van der Waals surface area contributed by atoms with E-state index < -0.39 is 17.8 Å². The minimum atomic E-state index is -1.11. The highest BCUT2D eigenvalue weighted by Crippen LogP contribution is 2.32. The summed E-state index contributed by atoms with van der Waals surface area (Å²) in [5.74, 6) is -1.29. The van der Waals surface area contributed by atoms with Crippen LogP contribution in [0.3, 0.4) is 0 Å². The van der Waals surface area contributed by atoms with Gasteiger partial charge in [0.2, 0.25) is 0 Å². The summed E-state index contributed by atoms with van der Waals surface area (Å²) in [5.41, 5.74) is 0.676. The van der Waals surface area contributed by atoms with E-state index >= 15 is 0 Å². The Balaban J connectivity index is 1.65. The normalized spacial score (nSPS) is 14.9. The Morgan fingerprint density at radius 2 is 1.91 bits per heavy atom. The number of benzene rings is 2. The summed E-state index contributed by atoms with van der Waals surface area (Å²) in [6.07, 6.45) is 1.29. The monoisotopic (exact) mass is 496 g/mol. The van der Waals surface area contributed by atoms with Crippen molar-refractivity contribution in [1.29, 1.82) is 0 Å². The summed E-state index contributed by atoms with van der Waals surface area (Å²) >= 11 is 11.4. The molecule has 2 aromatic carbocycles. The van der Waals surface area contributed by atoms with E-state index in [1.165, 1.54) is 29.2 Å². The fourth-order valence-electron chi connectivity index (χ4n) is 3.31. The highest BCUT2D eigenvalue weighted by Gasteiger charge is 2.34. The van der Waals surface area contributed by atoms with E-state index in [-0.39, 0.29) is 32.8 Å². The Labute approximate surface area is 204 Å². The van der Waals surface area contributed by atoms with Crippen LogP contribution in [0.5, 0.6) is 5.75 Å². The fraction of sp³-hybridized carbons (Fsp3) is 0.0833. The number of nitrogens with one attached hydrogen (secondary N) is 1. The number of hydrogen-bond donors (Lipinski definition) is 2. The second-order valence-electron chi connectivity index (χ2n) is 7.09. The van der Waals surface area contributed by atoms with Crippen LogP contribution in [0, 0.1) is 0 Å². The number of amides is 2. The molecule has 8 nitrogen and oxygen atoms in total. The molecule has 2 N–H and O–H groups in total. The molecule has 0 atom stereocenters. The van der Waals surface area contributed by atoms with Gasteiger partial charge in [0.25, 0.3) is 11.8 Å². The predicted octanol–water partition coefficient (Wildman–Crippen LogP) is 4.53. The van der Waals surface area contributed by atoms with E-state index in [1.54, 1.807) is 36.4 Å². The lowest BCUT2D eigenvalue weighted by molar-refractivity contribution is -0.122. The molecule has 0 saturated carbocycles. The van der Waals surface area contributed by atoms with Gasteiger partial charge in [-0.3, -0.25) is 19.8 Å². The fourth-order valence-corrected chi connectivity index (χ4v) is 3.81. The van der Waals surface area contributed by atoms with Gasteiger partial charge in [-0.1, -0.05) is 11.6 Å². The summed E-state index contributed by atoms with van der Waals surface area (Å²) in [6.45, 7) is 2.36. The van der Waals surface area contributed by atoms with Gasteiger partial charge in [0.1, 0.15) is 22.8 Å². The van der Waals surface area contributed by atoms with Crippen molar-refractivity contribution < 1.29 is 28.6 Å². The first kappa shape index (κ1) is 23.2. The van der Waals surface area contributed by atoms with Gasteiger partial charge in [0, 0.05) is 5.56 Å². The maximum Gasteiger partial charge on any atom is 0.335 e. The summed E-state index contributed by atoms with van der Waals surface area (Å²) in [6, 6.07) is 14.0. The van der Waals surface area contributed by atoms with Crippen LogP contribution >= 0.6 is 23.8 Å². The van der Waals surface area contributed by atoms with E-state index in [1.807, 2.05) is 6.92 Å². The SMILES string of the molecule is CCOc1ccc(N2C(=O)/C(=C/c3ccc(-c4cc(C(=O)O)ccc4Cl)o3)C(=O)NC2=S)cc1. The maximum atomic E-state index is 13.2. The number of rotatable bonds is 6. The van der Waals surface area contributed by atoms with Crippen LogP contribution < -0.4 is 15.0 Å². The Kier molecular flexibility index (Phi) is 6.49. The molecule has 34 heavy (non-hydrogen) atoms. The number of carbonyl (C=O) groups excluding carboxylic acids is 2. The van der Waals surface area contributed by atoms with Gasteiger partial charge in [-0.2, -0.15) is 0 Å². The van der Waals surface area contributed by atoms with Crippen LogP contribution in [0.15, 0.2) is 64.6 Å². The summed E-state index contributed by atoms with van der Waals surface area (Å²) in [5, 5.41) is 12.0.